The van der Waals surface area contributed by atoms with Crippen LogP contribution in [0.1, 0.15) is 18.4 Å². The predicted octanol–water partition coefficient (Wildman–Crippen LogP) is 2.95. The van der Waals surface area contributed by atoms with Gasteiger partial charge in [0.05, 0.1) is 6.61 Å². The summed E-state index contributed by atoms with van der Waals surface area (Å²) in [5.41, 5.74) is 1.70. The molecule has 0 aliphatic heterocycles. The summed E-state index contributed by atoms with van der Waals surface area (Å²) in [6.07, 6.45) is -2.48. The van der Waals surface area contributed by atoms with Crippen molar-refractivity contribution in [3.05, 3.63) is 29.8 Å². The van der Waals surface area contributed by atoms with Gasteiger partial charge < -0.3 is 15.0 Å². The number of ether oxygens (including phenoxy) is 1. The average molecular weight is 302 g/mol. The predicted molar refractivity (Wildman–Crippen MR) is 76.4 cm³/mol. The fraction of sp³-hybridized carbons (Fsp3) is 0.600. The lowest BCUT2D eigenvalue weighted by molar-refractivity contribution is -0.120. The highest BCUT2D eigenvalue weighted by Gasteiger charge is 2.38. The third-order valence-electron chi connectivity index (χ3n) is 3.42. The second-order valence-electron chi connectivity index (χ2n) is 5.31. The molecule has 2 rings (SSSR count). The van der Waals surface area contributed by atoms with Gasteiger partial charge in [0.1, 0.15) is 6.54 Å². The van der Waals surface area contributed by atoms with E-state index in [0.29, 0.717) is 18.8 Å². The molecule has 1 saturated carbocycles. The van der Waals surface area contributed by atoms with Crippen molar-refractivity contribution in [2.24, 2.45) is 0 Å². The summed E-state index contributed by atoms with van der Waals surface area (Å²) in [5.74, 6) is 0. The van der Waals surface area contributed by atoms with E-state index in [2.05, 4.69) is 5.32 Å². The maximum atomic E-state index is 12.6. The molecule has 0 aromatic heterocycles. The molecule has 0 heterocycles. The molecule has 0 saturated heterocycles. The first-order chi connectivity index (χ1) is 9.99. The second-order valence-corrected chi connectivity index (χ2v) is 5.31. The Morgan fingerprint density at radius 1 is 1.24 bits per heavy atom. The van der Waals surface area contributed by atoms with Gasteiger partial charge in [-0.05, 0) is 30.5 Å². The molecule has 0 amide bonds. The van der Waals surface area contributed by atoms with Crippen molar-refractivity contribution in [1.82, 2.24) is 5.32 Å². The number of hydrogen-bond donors (Lipinski definition) is 1. The van der Waals surface area contributed by atoms with Gasteiger partial charge in [-0.15, -0.1) is 0 Å². The number of anilines is 1. The van der Waals surface area contributed by atoms with Gasteiger partial charge in [0.25, 0.3) is 0 Å². The topological polar surface area (TPSA) is 24.5 Å². The molecule has 0 atom stereocenters. The van der Waals surface area contributed by atoms with E-state index in [1.807, 2.05) is 12.1 Å². The van der Waals surface area contributed by atoms with Crippen molar-refractivity contribution < 1.29 is 17.9 Å². The number of hydrogen-bond acceptors (Lipinski definition) is 3. The molecule has 0 spiro atoms. The zero-order chi connectivity index (χ0) is 15.3. The van der Waals surface area contributed by atoms with Crippen LogP contribution in [-0.2, 0) is 11.3 Å². The Hall–Kier alpha value is -1.27. The fourth-order valence-electron chi connectivity index (χ4n) is 2.22. The molecule has 1 aliphatic carbocycles. The molecule has 118 valence electrons. The molecule has 0 bridgehead atoms. The van der Waals surface area contributed by atoms with Crippen LogP contribution in [0, 0.1) is 0 Å². The summed E-state index contributed by atoms with van der Waals surface area (Å²) < 4.78 is 42.8. The molecule has 1 aromatic carbocycles. The van der Waals surface area contributed by atoms with Gasteiger partial charge in [-0.1, -0.05) is 12.1 Å². The minimum atomic E-state index is -4.16. The van der Waals surface area contributed by atoms with Gasteiger partial charge >= 0.3 is 6.18 Å². The molecular weight excluding hydrogens is 281 g/mol. The Bertz CT molecular complexity index is 430. The molecule has 1 aliphatic rings. The number of methoxy groups -OCH3 is 1. The van der Waals surface area contributed by atoms with Crippen molar-refractivity contribution in [1.29, 1.82) is 0 Å². The SMILES string of the molecule is COCCNCc1ccc(N(CC(F)(F)F)C2CC2)cc1. The van der Waals surface area contributed by atoms with Crippen LogP contribution in [0.3, 0.4) is 0 Å². The zero-order valence-corrected chi connectivity index (χ0v) is 12.1. The van der Waals surface area contributed by atoms with E-state index in [1.165, 1.54) is 4.90 Å². The summed E-state index contributed by atoms with van der Waals surface area (Å²) in [5, 5.41) is 3.21. The highest BCUT2D eigenvalue weighted by molar-refractivity contribution is 5.50. The summed E-state index contributed by atoms with van der Waals surface area (Å²) in [6, 6.07) is 7.34. The highest BCUT2D eigenvalue weighted by atomic mass is 19.4. The Kier molecular flexibility index (Phi) is 5.47. The van der Waals surface area contributed by atoms with E-state index in [0.717, 1.165) is 24.9 Å². The summed E-state index contributed by atoms with van der Waals surface area (Å²) in [4.78, 5) is 1.46. The quantitative estimate of drug-likeness (QED) is 0.747. The number of benzene rings is 1. The lowest BCUT2D eigenvalue weighted by Gasteiger charge is -2.26. The van der Waals surface area contributed by atoms with E-state index >= 15 is 0 Å². The van der Waals surface area contributed by atoms with Gasteiger partial charge in [0, 0.05) is 31.9 Å². The van der Waals surface area contributed by atoms with Crippen LogP contribution in [-0.4, -0.2) is 39.0 Å². The molecule has 1 aromatic rings. The number of halogens is 3. The first-order valence-electron chi connectivity index (χ1n) is 7.11. The van der Waals surface area contributed by atoms with Crippen LogP contribution >= 0.6 is 0 Å². The second kappa shape index (κ2) is 7.13. The molecule has 0 unspecified atom stereocenters. The first kappa shape index (κ1) is 16.1. The lowest BCUT2D eigenvalue weighted by atomic mass is 10.2. The molecule has 21 heavy (non-hydrogen) atoms. The Morgan fingerprint density at radius 3 is 2.43 bits per heavy atom. The zero-order valence-electron chi connectivity index (χ0n) is 12.1. The van der Waals surface area contributed by atoms with Crippen LogP contribution in [0.5, 0.6) is 0 Å². The van der Waals surface area contributed by atoms with Gasteiger partial charge in [0.15, 0.2) is 0 Å². The van der Waals surface area contributed by atoms with E-state index in [-0.39, 0.29) is 6.04 Å². The van der Waals surface area contributed by atoms with Crippen molar-refractivity contribution in [2.45, 2.75) is 31.6 Å². The summed E-state index contributed by atoms with van der Waals surface area (Å²) in [7, 11) is 1.64. The Morgan fingerprint density at radius 2 is 1.90 bits per heavy atom. The summed E-state index contributed by atoms with van der Waals surface area (Å²) >= 11 is 0. The fourth-order valence-corrected chi connectivity index (χ4v) is 2.22. The molecule has 1 N–H and O–H groups in total. The van der Waals surface area contributed by atoms with E-state index < -0.39 is 12.7 Å². The molecule has 3 nitrogen and oxygen atoms in total. The first-order valence-corrected chi connectivity index (χ1v) is 7.11. The maximum Gasteiger partial charge on any atom is 0.405 e. The number of nitrogens with zero attached hydrogens (tertiary/aromatic N) is 1. The molecular formula is C15H21F3N2O. The summed E-state index contributed by atoms with van der Waals surface area (Å²) in [6.45, 7) is 1.20. The Balaban J connectivity index is 1.92. The van der Waals surface area contributed by atoms with Crippen LogP contribution in [0.15, 0.2) is 24.3 Å². The largest absolute Gasteiger partial charge is 0.405 e. The normalized spacial score (nSPS) is 15.2. The minimum absolute atomic E-state index is 0.0392. The third-order valence-corrected chi connectivity index (χ3v) is 3.42. The number of alkyl halides is 3. The molecule has 1 fully saturated rings. The van der Waals surface area contributed by atoms with Crippen molar-refractivity contribution in [3.63, 3.8) is 0 Å². The minimum Gasteiger partial charge on any atom is -0.383 e. The van der Waals surface area contributed by atoms with Crippen LogP contribution in [0.4, 0.5) is 18.9 Å². The molecule has 0 radical (unpaired) electrons. The van der Waals surface area contributed by atoms with Crippen molar-refractivity contribution in [3.8, 4) is 0 Å². The number of nitrogens with one attached hydrogen (secondary N) is 1. The number of rotatable bonds is 8. The van der Waals surface area contributed by atoms with Crippen LogP contribution in [0.2, 0.25) is 0 Å². The van der Waals surface area contributed by atoms with E-state index in [4.69, 9.17) is 4.74 Å². The molecule has 6 heteroatoms. The average Bonchev–Trinajstić information content (AvgIpc) is 3.25. The maximum absolute atomic E-state index is 12.6. The lowest BCUT2D eigenvalue weighted by Crippen LogP contribution is -2.35. The van der Waals surface area contributed by atoms with Crippen LogP contribution in [0.25, 0.3) is 0 Å². The van der Waals surface area contributed by atoms with Gasteiger partial charge in [-0.2, -0.15) is 13.2 Å². The van der Waals surface area contributed by atoms with E-state index in [9.17, 15) is 13.2 Å². The monoisotopic (exact) mass is 302 g/mol. The smallest absolute Gasteiger partial charge is 0.383 e. The third kappa shape index (κ3) is 5.55. The van der Waals surface area contributed by atoms with Crippen LogP contribution < -0.4 is 10.2 Å². The Labute approximate surface area is 123 Å². The van der Waals surface area contributed by atoms with Crippen molar-refractivity contribution >= 4 is 5.69 Å². The van der Waals surface area contributed by atoms with E-state index in [1.54, 1.807) is 19.2 Å². The highest BCUT2D eigenvalue weighted by Crippen LogP contribution is 2.34. The van der Waals surface area contributed by atoms with Gasteiger partial charge in [-0.3, -0.25) is 0 Å². The van der Waals surface area contributed by atoms with Crippen molar-refractivity contribution in [2.75, 3.05) is 31.7 Å². The van der Waals surface area contributed by atoms with Gasteiger partial charge in [-0.25, -0.2) is 0 Å². The standard InChI is InChI=1S/C15H21F3N2O/c1-21-9-8-19-10-12-2-4-13(5-3-12)20(14-6-7-14)11-15(16,17)18/h2-5,14,19H,6-11H2,1H3. The van der Waals surface area contributed by atoms with Gasteiger partial charge in [0.2, 0.25) is 0 Å².